The van der Waals surface area contributed by atoms with E-state index in [1.807, 2.05) is 53.8 Å². The Bertz CT molecular complexity index is 793. The number of hydrogen-bond donors (Lipinski definition) is 0. The Morgan fingerprint density at radius 3 is 2.74 bits per heavy atom. The van der Waals surface area contributed by atoms with Crippen molar-refractivity contribution < 1.29 is 4.79 Å². The molecule has 0 aliphatic rings. The van der Waals surface area contributed by atoms with Crippen LogP contribution >= 0.6 is 22.7 Å². The van der Waals surface area contributed by atoms with Gasteiger partial charge in [-0.3, -0.25) is 4.79 Å². The smallest absolute Gasteiger partial charge is 0.233 e. The number of para-hydroxylation sites is 1. The van der Waals surface area contributed by atoms with Gasteiger partial charge in [0.1, 0.15) is 5.01 Å². The van der Waals surface area contributed by atoms with E-state index in [0.717, 1.165) is 27.5 Å². The second kappa shape index (κ2) is 7.06. The number of anilines is 1. The standard InChI is InChI=1S/C18H18N2OS2/c1-3-20(16-7-5-4-6-13(16)2)17(21)10-15-12-23-18(19-15)14-8-9-22-11-14/h4-9,11-12H,3,10H2,1-2H3. The van der Waals surface area contributed by atoms with Crippen molar-refractivity contribution in [2.24, 2.45) is 0 Å². The van der Waals surface area contributed by atoms with E-state index in [0.29, 0.717) is 13.0 Å². The lowest BCUT2D eigenvalue weighted by Gasteiger charge is -2.22. The first-order chi connectivity index (χ1) is 11.2. The van der Waals surface area contributed by atoms with Crippen molar-refractivity contribution >= 4 is 34.3 Å². The molecule has 2 heterocycles. The molecule has 0 fully saturated rings. The van der Waals surface area contributed by atoms with Crippen LogP contribution in [0.4, 0.5) is 5.69 Å². The fraction of sp³-hybridized carbons (Fsp3) is 0.222. The second-order valence-electron chi connectivity index (χ2n) is 5.26. The first-order valence-electron chi connectivity index (χ1n) is 7.52. The quantitative estimate of drug-likeness (QED) is 0.669. The number of benzene rings is 1. The minimum absolute atomic E-state index is 0.0870. The van der Waals surface area contributed by atoms with Crippen molar-refractivity contribution in [2.75, 3.05) is 11.4 Å². The highest BCUT2D eigenvalue weighted by atomic mass is 32.1. The molecule has 0 spiro atoms. The van der Waals surface area contributed by atoms with E-state index in [1.54, 1.807) is 22.7 Å². The summed E-state index contributed by atoms with van der Waals surface area (Å²) in [5.74, 6) is 0.0870. The maximum absolute atomic E-state index is 12.7. The lowest BCUT2D eigenvalue weighted by Crippen LogP contribution is -2.32. The third-order valence-corrected chi connectivity index (χ3v) is 5.30. The molecule has 1 aromatic carbocycles. The van der Waals surface area contributed by atoms with E-state index in [9.17, 15) is 4.79 Å². The molecule has 0 saturated carbocycles. The lowest BCUT2D eigenvalue weighted by atomic mass is 10.1. The number of thiazole rings is 1. The average Bonchev–Trinajstić information content (AvgIpc) is 3.21. The largest absolute Gasteiger partial charge is 0.312 e. The Morgan fingerprint density at radius 1 is 1.22 bits per heavy atom. The van der Waals surface area contributed by atoms with E-state index in [4.69, 9.17) is 0 Å². The van der Waals surface area contributed by atoms with Gasteiger partial charge in [-0.1, -0.05) is 18.2 Å². The Hall–Kier alpha value is -1.98. The molecular weight excluding hydrogens is 324 g/mol. The number of carbonyl (C=O) groups excluding carboxylic acids is 1. The fourth-order valence-electron chi connectivity index (χ4n) is 2.50. The van der Waals surface area contributed by atoms with Gasteiger partial charge in [0.05, 0.1) is 12.1 Å². The van der Waals surface area contributed by atoms with Crippen LogP contribution in [-0.4, -0.2) is 17.4 Å². The van der Waals surface area contributed by atoms with E-state index in [2.05, 4.69) is 16.4 Å². The minimum Gasteiger partial charge on any atom is -0.312 e. The van der Waals surface area contributed by atoms with Crippen LogP contribution < -0.4 is 4.90 Å². The predicted molar refractivity (Wildman–Crippen MR) is 98.3 cm³/mol. The normalized spacial score (nSPS) is 10.7. The molecule has 0 radical (unpaired) electrons. The van der Waals surface area contributed by atoms with Crippen LogP contribution in [0.2, 0.25) is 0 Å². The molecule has 0 N–H and O–H groups in total. The molecule has 0 bridgehead atoms. The molecule has 0 saturated heterocycles. The maximum Gasteiger partial charge on any atom is 0.233 e. The van der Waals surface area contributed by atoms with Crippen LogP contribution in [0, 0.1) is 6.92 Å². The summed E-state index contributed by atoms with van der Waals surface area (Å²) in [7, 11) is 0. The summed E-state index contributed by atoms with van der Waals surface area (Å²) in [6, 6.07) is 10.0. The van der Waals surface area contributed by atoms with Crippen molar-refractivity contribution in [1.82, 2.24) is 4.98 Å². The zero-order valence-electron chi connectivity index (χ0n) is 13.2. The summed E-state index contributed by atoms with van der Waals surface area (Å²) in [6.45, 7) is 4.69. The number of likely N-dealkylation sites (N-methyl/N-ethyl adjacent to an activating group) is 1. The molecular formula is C18H18N2OS2. The van der Waals surface area contributed by atoms with E-state index in [1.165, 1.54) is 0 Å². The van der Waals surface area contributed by atoms with Gasteiger partial charge in [0, 0.05) is 28.6 Å². The third-order valence-electron chi connectivity index (χ3n) is 3.68. The molecule has 23 heavy (non-hydrogen) atoms. The van der Waals surface area contributed by atoms with Crippen LogP contribution in [-0.2, 0) is 11.2 Å². The van der Waals surface area contributed by atoms with Gasteiger partial charge in [-0.25, -0.2) is 4.98 Å². The summed E-state index contributed by atoms with van der Waals surface area (Å²) < 4.78 is 0. The minimum atomic E-state index is 0.0870. The number of rotatable bonds is 5. The highest BCUT2D eigenvalue weighted by molar-refractivity contribution is 7.14. The topological polar surface area (TPSA) is 33.2 Å². The summed E-state index contributed by atoms with van der Waals surface area (Å²) in [6.07, 6.45) is 0.336. The number of aryl methyl sites for hydroxylation is 1. The molecule has 0 unspecified atom stereocenters. The van der Waals surface area contributed by atoms with E-state index in [-0.39, 0.29) is 5.91 Å². The first kappa shape index (κ1) is 15.9. The molecule has 2 aromatic heterocycles. The number of nitrogens with zero attached hydrogens (tertiary/aromatic N) is 2. The van der Waals surface area contributed by atoms with Gasteiger partial charge in [0.2, 0.25) is 5.91 Å². The summed E-state index contributed by atoms with van der Waals surface area (Å²) in [5, 5.41) is 7.08. The van der Waals surface area contributed by atoms with E-state index >= 15 is 0 Å². The summed E-state index contributed by atoms with van der Waals surface area (Å²) >= 11 is 3.25. The van der Waals surface area contributed by atoms with Crippen LogP contribution in [0.5, 0.6) is 0 Å². The zero-order valence-corrected chi connectivity index (χ0v) is 14.8. The molecule has 118 valence electrons. The Labute approximate surface area is 144 Å². The third kappa shape index (κ3) is 3.51. The molecule has 3 rings (SSSR count). The maximum atomic E-state index is 12.7. The highest BCUT2D eigenvalue weighted by Gasteiger charge is 2.17. The SMILES string of the molecule is CCN(C(=O)Cc1csc(-c2ccsc2)n1)c1ccccc1C. The van der Waals surface area contributed by atoms with Crippen molar-refractivity contribution in [1.29, 1.82) is 0 Å². The first-order valence-corrected chi connectivity index (χ1v) is 9.34. The van der Waals surface area contributed by atoms with Crippen molar-refractivity contribution in [3.63, 3.8) is 0 Å². The van der Waals surface area contributed by atoms with Crippen LogP contribution in [0.3, 0.4) is 0 Å². The number of carbonyl (C=O) groups is 1. The van der Waals surface area contributed by atoms with Crippen molar-refractivity contribution in [3.8, 4) is 10.6 Å². The molecule has 3 aromatic rings. The molecule has 0 atom stereocenters. The fourth-order valence-corrected chi connectivity index (χ4v) is 4.04. The number of amides is 1. The van der Waals surface area contributed by atoms with E-state index < -0.39 is 0 Å². The van der Waals surface area contributed by atoms with Crippen molar-refractivity contribution in [2.45, 2.75) is 20.3 Å². The summed E-state index contributed by atoms with van der Waals surface area (Å²) in [4.78, 5) is 19.1. The van der Waals surface area contributed by atoms with Gasteiger partial charge in [0.25, 0.3) is 0 Å². The Balaban J connectivity index is 1.77. The van der Waals surface area contributed by atoms with Gasteiger partial charge in [-0.2, -0.15) is 11.3 Å². The Morgan fingerprint density at radius 2 is 2.04 bits per heavy atom. The Kier molecular flexibility index (Phi) is 4.88. The lowest BCUT2D eigenvalue weighted by molar-refractivity contribution is -0.118. The number of aromatic nitrogens is 1. The van der Waals surface area contributed by atoms with Gasteiger partial charge in [0.15, 0.2) is 0 Å². The molecule has 0 aliphatic heterocycles. The molecule has 0 aliphatic carbocycles. The highest BCUT2D eigenvalue weighted by Crippen LogP contribution is 2.26. The van der Waals surface area contributed by atoms with Gasteiger partial charge >= 0.3 is 0 Å². The van der Waals surface area contributed by atoms with Crippen molar-refractivity contribution in [3.05, 3.63) is 57.7 Å². The van der Waals surface area contributed by atoms with Crippen LogP contribution in [0.25, 0.3) is 10.6 Å². The van der Waals surface area contributed by atoms with Crippen LogP contribution in [0.15, 0.2) is 46.5 Å². The molecule has 3 nitrogen and oxygen atoms in total. The van der Waals surface area contributed by atoms with Gasteiger partial charge in [-0.15, -0.1) is 11.3 Å². The molecule has 1 amide bonds. The average molecular weight is 342 g/mol. The number of hydrogen-bond acceptors (Lipinski definition) is 4. The second-order valence-corrected chi connectivity index (χ2v) is 6.90. The van der Waals surface area contributed by atoms with Crippen LogP contribution in [0.1, 0.15) is 18.2 Å². The summed E-state index contributed by atoms with van der Waals surface area (Å²) in [5.41, 5.74) is 4.06. The predicted octanol–water partition coefficient (Wildman–Crippen LogP) is 4.78. The molecule has 5 heteroatoms. The van der Waals surface area contributed by atoms with Gasteiger partial charge < -0.3 is 4.90 Å². The zero-order chi connectivity index (χ0) is 16.2. The number of thiophene rings is 1. The van der Waals surface area contributed by atoms with Gasteiger partial charge in [-0.05, 0) is 36.9 Å². The monoisotopic (exact) mass is 342 g/mol.